The third-order valence-electron chi connectivity index (χ3n) is 7.02. The summed E-state index contributed by atoms with van der Waals surface area (Å²) in [5.41, 5.74) is 3.60. The molecule has 15 heteroatoms. The van der Waals surface area contributed by atoms with Crippen LogP contribution < -0.4 is 15.4 Å². The number of amidine groups is 1. The van der Waals surface area contributed by atoms with E-state index in [4.69, 9.17) is 19.1 Å². The summed E-state index contributed by atoms with van der Waals surface area (Å²) in [5, 5.41) is 13.3. The van der Waals surface area contributed by atoms with Gasteiger partial charge in [0, 0.05) is 24.7 Å². The highest BCUT2D eigenvalue weighted by atomic mass is 32.2. The van der Waals surface area contributed by atoms with Gasteiger partial charge in [0.05, 0.1) is 30.7 Å². The zero-order valence-corrected chi connectivity index (χ0v) is 25.6. The summed E-state index contributed by atoms with van der Waals surface area (Å²) in [6.07, 6.45) is -2.12. The number of hydrogen-bond acceptors (Lipinski definition) is 8. The van der Waals surface area contributed by atoms with Crippen molar-refractivity contribution in [1.82, 2.24) is 14.9 Å². The molecule has 0 bridgehead atoms. The average Bonchev–Trinajstić information content (AvgIpc) is 3.45. The molecule has 0 radical (unpaired) electrons. The molecule has 0 unspecified atom stereocenters. The first-order valence-corrected chi connectivity index (χ1v) is 15.3. The number of amides is 1. The van der Waals surface area contributed by atoms with Crippen molar-refractivity contribution in [2.24, 2.45) is 4.99 Å². The Labute approximate surface area is 258 Å². The van der Waals surface area contributed by atoms with E-state index in [1.807, 2.05) is 24.3 Å². The van der Waals surface area contributed by atoms with Crippen molar-refractivity contribution in [2.75, 3.05) is 20.2 Å². The zero-order chi connectivity index (χ0) is 32.9. The van der Waals surface area contributed by atoms with Crippen molar-refractivity contribution in [1.29, 1.82) is 0 Å². The first-order valence-electron chi connectivity index (χ1n) is 13.9. The molecule has 2 aromatic carbocycles. The molecule has 1 saturated carbocycles. The summed E-state index contributed by atoms with van der Waals surface area (Å²) in [6, 6.07) is 12.9. The fourth-order valence-electron chi connectivity index (χ4n) is 4.72. The maximum Gasteiger partial charge on any atom is 0.490 e. The van der Waals surface area contributed by atoms with Gasteiger partial charge in [0.15, 0.2) is 0 Å². The Balaban J connectivity index is 0.000000591. The Morgan fingerprint density at radius 2 is 1.76 bits per heavy atom. The van der Waals surface area contributed by atoms with Crippen LogP contribution >= 0.6 is 0 Å². The van der Waals surface area contributed by atoms with Crippen molar-refractivity contribution in [3.63, 3.8) is 0 Å². The quantitative estimate of drug-likeness (QED) is 0.296. The Morgan fingerprint density at radius 3 is 2.27 bits per heavy atom. The van der Waals surface area contributed by atoms with E-state index in [-0.39, 0.29) is 23.4 Å². The molecule has 0 atom stereocenters. The topological polar surface area (TPSA) is 151 Å². The molecule has 3 N–H and O–H groups in total. The number of aliphatic carboxylic acids is 1. The number of alkyl halides is 3. The van der Waals surface area contributed by atoms with Crippen LogP contribution in [0.25, 0.3) is 0 Å². The number of furan rings is 1. The molecule has 0 saturated heterocycles. The second kappa shape index (κ2) is 13.7. The molecule has 11 nitrogen and oxygen atoms in total. The second-order valence-electron chi connectivity index (χ2n) is 10.5. The van der Waals surface area contributed by atoms with Gasteiger partial charge in [-0.1, -0.05) is 24.3 Å². The molecule has 1 fully saturated rings. The number of carbonyl (C=O) groups is 2. The number of nitrogens with one attached hydrogen (secondary N) is 2. The number of aryl methyl sites for hydroxylation is 2. The van der Waals surface area contributed by atoms with Gasteiger partial charge in [0.25, 0.3) is 5.91 Å². The van der Waals surface area contributed by atoms with E-state index in [1.165, 1.54) is 10.6 Å². The number of nitrogens with zero attached hydrogens (tertiary/aromatic N) is 2. The molecule has 2 aliphatic rings. The maximum atomic E-state index is 13.7. The van der Waals surface area contributed by atoms with E-state index in [1.54, 1.807) is 39.2 Å². The van der Waals surface area contributed by atoms with Crippen molar-refractivity contribution >= 4 is 27.7 Å². The summed E-state index contributed by atoms with van der Waals surface area (Å²) in [5.74, 6) is -1.11. The van der Waals surface area contributed by atoms with Gasteiger partial charge in [-0.05, 0) is 61.6 Å². The minimum Gasteiger partial charge on any atom is -0.497 e. The Hall–Kier alpha value is -4.37. The highest BCUT2D eigenvalue weighted by Gasteiger charge is 2.40. The number of carboxylic acids is 1. The monoisotopic (exact) mass is 650 g/mol. The third-order valence-corrected chi connectivity index (χ3v) is 9.22. The number of sulfonamides is 1. The second-order valence-corrected chi connectivity index (χ2v) is 12.3. The average molecular weight is 651 g/mol. The molecule has 2 heterocycles. The predicted octanol–water partition coefficient (Wildman–Crippen LogP) is 4.17. The summed E-state index contributed by atoms with van der Waals surface area (Å²) in [7, 11) is -2.23. The Kier molecular flexibility index (Phi) is 10.2. The number of benzene rings is 2. The molecule has 1 aliphatic carbocycles. The van der Waals surface area contributed by atoms with Crippen LogP contribution in [-0.4, -0.2) is 68.0 Å². The molecule has 45 heavy (non-hydrogen) atoms. The number of halogens is 3. The van der Waals surface area contributed by atoms with Gasteiger partial charge in [-0.2, -0.15) is 17.5 Å². The fourth-order valence-corrected chi connectivity index (χ4v) is 6.78. The lowest BCUT2D eigenvalue weighted by Gasteiger charge is -2.23. The summed E-state index contributed by atoms with van der Waals surface area (Å²) < 4.78 is 71.6. The van der Waals surface area contributed by atoms with Gasteiger partial charge in [0.1, 0.15) is 23.6 Å². The highest BCUT2D eigenvalue weighted by molar-refractivity contribution is 7.89. The number of rotatable bonds is 10. The van der Waals surface area contributed by atoms with E-state index in [2.05, 4.69) is 15.6 Å². The van der Waals surface area contributed by atoms with E-state index in [0.717, 1.165) is 42.9 Å². The lowest BCUT2D eigenvalue weighted by Crippen LogP contribution is -2.33. The van der Waals surface area contributed by atoms with Crippen molar-refractivity contribution in [2.45, 2.75) is 56.9 Å². The van der Waals surface area contributed by atoms with E-state index in [9.17, 15) is 26.4 Å². The predicted molar refractivity (Wildman–Crippen MR) is 158 cm³/mol. The third kappa shape index (κ3) is 8.42. The van der Waals surface area contributed by atoms with Crippen LogP contribution in [0.15, 0.2) is 63.0 Å². The molecular weight excluding hydrogens is 617 g/mol. The number of carbonyl (C=O) groups excluding carboxylic acids is 1. The van der Waals surface area contributed by atoms with Gasteiger partial charge in [-0.25, -0.2) is 13.2 Å². The molecule has 5 rings (SSSR count). The minimum atomic E-state index is -5.08. The smallest absolute Gasteiger partial charge is 0.490 e. The molecule has 242 valence electrons. The first kappa shape index (κ1) is 33.5. The van der Waals surface area contributed by atoms with Crippen LogP contribution in [0, 0.1) is 13.8 Å². The van der Waals surface area contributed by atoms with Crippen molar-refractivity contribution in [3.05, 3.63) is 82.3 Å². The zero-order valence-electron chi connectivity index (χ0n) is 24.8. The maximum absolute atomic E-state index is 13.7. The summed E-state index contributed by atoms with van der Waals surface area (Å²) in [6.45, 7) is 5.60. The van der Waals surface area contributed by atoms with Gasteiger partial charge >= 0.3 is 12.1 Å². The molecule has 1 aromatic heterocycles. The van der Waals surface area contributed by atoms with Crippen LogP contribution in [0.3, 0.4) is 0 Å². The van der Waals surface area contributed by atoms with Gasteiger partial charge in [0.2, 0.25) is 10.0 Å². The first-order chi connectivity index (χ1) is 21.2. The van der Waals surface area contributed by atoms with Crippen molar-refractivity contribution < 1.29 is 45.4 Å². The van der Waals surface area contributed by atoms with Gasteiger partial charge in [-0.15, -0.1) is 0 Å². The van der Waals surface area contributed by atoms with Crippen LogP contribution in [0.2, 0.25) is 0 Å². The number of methoxy groups -OCH3 is 1. The summed E-state index contributed by atoms with van der Waals surface area (Å²) in [4.78, 5) is 26.4. The molecule has 0 spiro atoms. The molecule has 3 aromatic rings. The lowest BCUT2D eigenvalue weighted by molar-refractivity contribution is -0.192. The van der Waals surface area contributed by atoms with E-state index >= 15 is 0 Å². The van der Waals surface area contributed by atoms with Crippen LogP contribution in [0.5, 0.6) is 5.75 Å². The van der Waals surface area contributed by atoms with Gasteiger partial charge < -0.3 is 24.9 Å². The van der Waals surface area contributed by atoms with Crippen LogP contribution in [0.4, 0.5) is 13.2 Å². The van der Waals surface area contributed by atoms with E-state index < -0.39 is 22.2 Å². The number of ether oxygens (including phenoxy) is 1. The lowest BCUT2D eigenvalue weighted by atomic mass is 10.1. The largest absolute Gasteiger partial charge is 0.497 e. The normalized spacial score (nSPS) is 14.7. The Morgan fingerprint density at radius 1 is 1.13 bits per heavy atom. The number of aliphatic imine (C=N–C) groups is 1. The molecule has 1 aliphatic heterocycles. The molecular formula is C30H33F3N4O7S. The SMILES string of the molecule is COc1cc(C)c(S(=O)(=O)N(Cc2cc(C(=O)NCc3ccc(C4=NCCN4)cc3)co2)C2CC2)c(C)c1.O=C(O)C(F)(F)F. The van der Waals surface area contributed by atoms with Crippen LogP contribution in [-0.2, 0) is 27.9 Å². The number of hydrogen-bond donors (Lipinski definition) is 3. The van der Waals surface area contributed by atoms with E-state index in [0.29, 0.717) is 34.7 Å². The minimum absolute atomic E-state index is 0.0601. The Bertz CT molecular complexity index is 1660. The standard InChI is InChI=1S/C28H32N4O5S.C2HF3O2/c1-18-12-24(36-3)13-19(2)26(18)38(34,35)32(23-8-9-23)16-25-14-22(17-37-25)28(33)31-15-20-4-6-21(7-5-20)27-29-10-11-30-27;3-2(4,5)1(6)7/h4-7,12-14,17,23H,8-11,15-16H2,1-3H3,(H,29,30)(H,31,33);(H,6,7). The summed E-state index contributed by atoms with van der Waals surface area (Å²) >= 11 is 0. The number of carboxylic acid groups (broad SMARTS) is 1. The highest BCUT2D eigenvalue weighted by Crippen LogP contribution is 2.36. The van der Waals surface area contributed by atoms with Gasteiger partial charge in [-0.3, -0.25) is 9.79 Å². The fraction of sp³-hybridized carbons (Fsp3) is 0.367. The van der Waals surface area contributed by atoms with Crippen LogP contribution in [0.1, 0.15) is 51.2 Å². The van der Waals surface area contributed by atoms with Crippen molar-refractivity contribution in [3.8, 4) is 5.75 Å². The molecule has 1 amide bonds.